The first-order valence-electron chi connectivity index (χ1n) is 6.14. The lowest BCUT2D eigenvalue weighted by molar-refractivity contribution is 0.305. The van der Waals surface area contributed by atoms with Crippen LogP contribution in [0.4, 0.5) is 5.69 Å². The van der Waals surface area contributed by atoms with Crippen LogP contribution in [0.1, 0.15) is 5.69 Å². The van der Waals surface area contributed by atoms with Gasteiger partial charge in [-0.15, -0.1) is 0 Å². The molecule has 0 amide bonds. The van der Waals surface area contributed by atoms with Crippen LogP contribution in [-0.2, 0) is 6.61 Å². The number of benzene rings is 2. The highest BCUT2D eigenvalue weighted by molar-refractivity contribution is 5.88. The van der Waals surface area contributed by atoms with E-state index in [2.05, 4.69) is 23.2 Å². The molecule has 2 N–H and O–H groups in total. The van der Waals surface area contributed by atoms with Gasteiger partial charge in [-0.05, 0) is 23.6 Å². The van der Waals surface area contributed by atoms with E-state index in [0.717, 1.165) is 16.8 Å². The van der Waals surface area contributed by atoms with Gasteiger partial charge in [-0.3, -0.25) is 4.98 Å². The zero-order valence-electron chi connectivity index (χ0n) is 10.4. The van der Waals surface area contributed by atoms with Crippen molar-refractivity contribution >= 4 is 16.5 Å². The van der Waals surface area contributed by atoms with Gasteiger partial charge in [-0.2, -0.15) is 0 Å². The maximum Gasteiger partial charge on any atom is 0.130 e. The number of aromatic nitrogens is 1. The molecule has 2 aromatic carbocycles. The second kappa shape index (κ2) is 4.98. The minimum Gasteiger partial charge on any atom is -0.487 e. The minimum atomic E-state index is 0.416. The van der Waals surface area contributed by atoms with E-state index in [4.69, 9.17) is 10.5 Å². The van der Waals surface area contributed by atoms with Crippen LogP contribution in [0.3, 0.4) is 0 Å². The Morgan fingerprint density at radius 2 is 1.84 bits per heavy atom. The van der Waals surface area contributed by atoms with E-state index in [-0.39, 0.29) is 0 Å². The van der Waals surface area contributed by atoms with Crippen molar-refractivity contribution in [1.82, 2.24) is 4.98 Å². The molecule has 1 aromatic heterocycles. The number of nitrogen functional groups attached to an aromatic ring is 1. The fourth-order valence-electron chi connectivity index (χ4n) is 2.05. The molecule has 3 heteroatoms. The number of rotatable bonds is 3. The third kappa shape index (κ3) is 2.50. The van der Waals surface area contributed by atoms with E-state index in [0.29, 0.717) is 12.3 Å². The van der Waals surface area contributed by atoms with E-state index in [1.54, 1.807) is 12.3 Å². The summed E-state index contributed by atoms with van der Waals surface area (Å²) >= 11 is 0. The lowest BCUT2D eigenvalue weighted by atomic mass is 10.1. The summed E-state index contributed by atoms with van der Waals surface area (Å²) < 4.78 is 5.84. The van der Waals surface area contributed by atoms with Gasteiger partial charge in [0.1, 0.15) is 12.4 Å². The van der Waals surface area contributed by atoms with E-state index in [1.165, 1.54) is 5.39 Å². The lowest BCUT2D eigenvalue weighted by Crippen LogP contribution is -1.99. The molecule has 0 bridgehead atoms. The van der Waals surface area contributed by atoms with Crippen LogP contribution >= 0.6 is 0 Å². The number of pyridine rings is 1. The Morgan fingerprint density at radius 1 is 1.00 bits per heavy atom. The molecule has 0 saturated heterocycles. The fourth-order valence-corrected chi connectivity index (χ4v) is 2.05. The molecule has 3 aromatic rings. The Balaban J connectivity index is 1.86. The van der Waals surface area contributed by atoms with Gasteiger partial charge in [0.15, 0.2) is 0 Å². The van der Waals surface area contributed by atoms with Crippen molar-refractivity contribution in [3.05, 3.63) is 66.5 Å². The number of nitrogens with zero attached hydrogens (tertiary/aromatic N) is 1. The van der Waals surface area contributed by atoms with E-state index in [9.17, 15) is 0 Å². The average molecular weight is 250 g/mol. The van der Waals surface area contributed by atoms with Crippen LogP contribution in [0.2, 0.25) is 0 Å². The SMILES string of the molecule is Nc1ccnc(COc2cccc3ccccc23)c1. The fraction of sp³-hybridized carbons (Fsp3) is 0.0625. The summed E-state index contributed by atoms with van der Waals surface area (Å²) in [5, 5.41) is 2.27. The van der Waals surface area contributed by atoms with Gasteiger partial charge in [0.2, 0.25) is 0 Å². The zero-order valence-corrected chi connectivity index (χ0v) is 10.4. The molecule has 0 radical (unpaired) electrons. The van der Waals surface area contributed by atoms with Crippen molar-refractivity contribution in [1.29, 1.82) is 0 Å². The second-order valence-electron chi connectivity index (χ2n) is 4.35. The van der Waals surface area contributed by atoms with Gasteiger partial charge in [-0.1, -0.05) is 36.4 Å². The Bertz CT molecular complexity index is 704. The predicted molar refractivity (Wildman–Crippen MR) is 76.9 cm³/mol. The van der Waals surface area contributed by atoms with Crippen molar-refractivity contribution in [2.45, 2.75) is 6.61 Å². The molecule has 19 heavy (non-hydrogen) atoms. The predicted octanol–water partition coefficient (Wildman–Crippen LogP) is 3.40. The number of hydrogen-bond donors (Lipinski definition) is 1. The van der Waals surface area contributed by atoms with Crippen LogP contribution in [0.15, 0.2) is 60.8 Å². The van der Waals surface area contributed by atoms with Crippen LogP contribution in [0.5, 0.6) is 5.75 Å². The molecule has 3 rings (SSSR count). The molecule has 0 aliphatic carbocycles. The third-order valence-corrected chi connectivity index (χ3v) is 2.97. The molecule has 3 nitrogen and oxygen atoms in total. The van der Waals surface area contributed by atoms with Gasteiger partial charge in [0, 0.05) is 17.3 Å². The number of anilines is 1. The molecular weight excluding hydrogens is 236 g/mol. The molecule has 0 atom stereocenters. The largest absolute Gasteiger partial charge is 0.487 e. The number of fused-ring (bicyclic) bond motifs is 1. The van der Waals surface area contributed by atoms with E-state index < -0.39 is 0 Å². The minimum absolute atomic E-state index is 0.416. The first-order chi connectivity index (χ1) is 9.33. The number of nitrogens with two attached hydrogens (primary N) is 1. The topological polar surface area (TPSA) is 48.1 Å². The standard InChI is InChI=1S/C16H14N2O/c17-13-8-9-18-14(10-13)11-19-16-7-3-5-12-4-1-2-6-15(12)16/h1-10H,11H2,(H2,17,18). The maximum atomic E-state index is 5.84. The van der Waals surface area contributed by atoms with Crippen LogP contribution < -0.4 is 10.5 Å². The van der Waals surface area contributed by atoms with Crippen molar-refractivity contribution in [2.24, 2.45) is 0 Å². The molecule has 0 spiro atoms. The summed E-state index contributed by atoms with van der Waals surface area (Å²) in [5.74, 6) is 0.863. The third-order valence-electron chi connectivity index (χ3n) is 2.97. The first-order valence-corrected chi connectivity index (χ1v) is 6.14. The summed E-state index contributed by atoms with van der Waals surface area (Å²) in [7, 11) is 0. The summed E-state index contributed by atoms with van der Waals surface area (Å²) in [6.07, 6.45) is 1.69. The van der Waals surface area contributed by atoms with E-state index in [1.807, 2.05) is 30.3 Å². The second-order valence-corrected chi connectivity index (χ2v) is 4.35. The monoisotopic (exact) mass is 250 g/mol. The summed E-state index contributed by atoms with van der Waals surface area (Å²) in [4.78, 5) is 4.23. The molecule has 0 aliphatic rings. The highest BCUT2D eigenvalue weighted by Gasteiger charge is 2.02. The smallest absolute Gasteiger partial charge is 0.130 e. The highest BCUT2D eigenvalue weighted by Crippen LogP contribution is 2.25. The van der Waals surface area contributed by atoms with Crippen molar-refractivity contribution in [3.8, 4) is 5.75 Å². The van der Waals surface area contributed by atoms with Crippen molar-refractivity contribution in [2.75, 3.05) is 5.73 Å². The molecule has 0 unspecified atom stereocenters. The summed E-state index contributed by atoms with van der Waals surface area (Å²) in [5.41, 5.74) is 7.25. The molecule has 0 aliphatic heterocycles. The normalized spacial score (nSPS) is 10.5. The van der Waals surface area contributed by atoms with Gasteiger partial charge in [-0.25, -0.2) is 0 Å². The Morgan fingerprint density at radius 3 is 2.74 bits per heavy atom. The molecule has 0 saturated carbocycles. The molecule has 94 valence electrons. The lowest BCUT2D eigenvalue weighted by Gasteiger charge is -2.09. The quantitative estimate of drug-likeness (QED) is 0.775. The first kappa shape index (κ1) is 11.5. The zero-order chi connectivity index (χ0) is 13.1. The highest BCUT2D eigenvalue weighted by atomic mass is 16.5. The maximum absolute atomic E-state index is 5.84. The van der Waals surface area contributed by atoms with Crippen LogP contribution in [-0.4, -0.2) is 4.98 Å². The van der Waals surface area contributed by atoms with Crippen molar-refractivity contribution in [3.63, 3.8) is 0 Å². The summed E-state index contributed by atoms with van der Waals surface area (Å²) in [6.45, 7) is 0.416. The number of ether oxygens (including phenoxy) is 1. The van der Waals surface area contributed by atoms with Crippen molar-refractivity contribution < 1.29 is 4.74 Å². The van der Waals surface area contributed by atoms with Crippen LogP contribution in [0.25, 0.3) is 10.8 Å². The Kier molecular flexibility index (Phi) is 3.02. The molecule has 0 fully saturated rings. The Labute approximate surface area is 111 Å². The van der Waals surface area contributed by atoms with Gasteiger partial charge >= 0.3 is 0 Å². The van der Waals surface area contributed by atoms with Crippen LogP contribution in [0, 0.1) is 0 Å². The average Bonchev–Trinajstić information content (AvgIpc) is 2.45. The van der Waals surface area contributed by atoms with E-state index >= 15 is 0 Å². The molecule has 1 heterocycles. The number of hydrogen-bond acceptors (Lipinski definition) is 3. The molecular formula is C16H14N2O. The van der Waals surface area contributed by atoms with Gasteiger partial charge < -0.3 is 10.5 Å². The van der Waals surface area contributed by atoms with Gasteiger partial charge in [0.05, 0.1) is 5.69 Å². The summed E-state index contributed by atoms with van der Waals surface area (Å²) in [6, 6.07) is 17.8. The van der Waals surface area contributed by atoms with Gasteiger partial charge in [0.25, 0.3) is 0 Å². The Hall–Kier alpha value is -2.55.